The maximum absolute atomic E-state index is 12.4. The van der Waals surface area contributed by atoms with Crippen LogP contribution in [0.1, 0.15) is 17.3 Å². The van der Waals surface area contributed by atoms with Crippen molar-refractivity contribution in [3.8, 4) is 5.75 Å². The minimum atomic E-state index is -0.986. The Balaban J connectivity index is 2.01. The second-order valence-electron chi connectivity index (χ2n) is 5.80. The highest BCUT2D eigenvalue weighted by atomic mass is 16.6. The second kappa shape index (κ2) is 10.0. The van der Waals surface area contributed by atoms with Crippen molar-refractivity contribution in [2.45, 2.75) is 13.0 Å². The molecule has 2 rings (SSSR count). The Labute approximate surface area is 161 Å². The number of rotatable bonds is 9. The number of hydrogen-bond donors (Lipinski definition) is 2. The molecule has 0 saturated carbocycles. The maximum Gasteiger partial charge on any atom is 0.310 e. The average Bonchev–Trinajstić information content (AvgIpc) is 2.68. The van der Waals surface area contributed by atoms with Crippen molar-refractivity contribution >= 4 is 23.2 Å². The van der Waals surface area contributed by atoms with Gasteiger partial charge >= 0.3 is 5.69 Å². The van der Waals surface area contributed by atoms with Crippen LogP contribution in [0.25, 0.3) is 0 Å². The molecule has 2 N–H and O–H groups in total. The Bertz CT molecular complexity index is 855. The SMILES string of the molecule is COCCNC(=O)c1cccc(NC(=O)C(C)Oc2ccccc2[N+](=O)[O-])c1. The molecule has 148 valence electrons. The van der Waals surface area contributed by atoms with E-state index in [0.29, 0.717) is 24.4 Å². The summed E-state index contributed by atoms with van der Waals surface area (Å²) < 4.78 is 10.3. The topological polar surface area (TPSA) is 120 Å². The molecule has 0 radical (unpaired) electrons. The third-order valence-corrected chi connectivity index (χ3v) is 3.72. The van der Waals surface area contributed by atoms with Crippen molar-refractivity contribution in [2.24, 2.45) is 0 Å². The number of nitrogens with one attached hydrogen (secondary N) is 2. The lowest BCUT2D eigenvalue weighted by atomic mass is 10.2. The monoisotopic (exact) mass is 387 g/mol. The lowest BCUT2D eigenvalue weighted by Crippen LogP contribution is -2.30. The van der Waals surface area contributed by atoms with E-state index in [0.717, 1.165) is 0 Å². The Morgan fingerprint density at radius 3 is 2.64 bits per heavy atom. The van der Waals surface area contributed by atoms with Gasteiger partial charge in [-0.1, -0.05) is 18.2 Å². The zero-order valence-electron chi connectivity index (χ0n) is 15.5. The first-order valence-corrected chi connectivity index (χ1v) is 8.50. The predicted octanol–water partition coefficient (Wildman–Crippen LogP) is 2.38. The molecule has 2 aromatic rings. The highest BCUT2D eigenvalue weighted by molar-refractivity contribution is 5.98. The van der Waals surface area contributed by atoms with E-state index in [2.05, 4.69) is 10.6 Å². The van der Waals surface area contributed by atoms with Crippen LogP contribution in [0.2, 0.25) is 0 Å². The zero-order chi connectivity index (χ0) is 20.5. The summed E-state index contributed by atoms with van der Waals surface area (Å²) in [6.07, 6.45) is -0.986. The standard InChI is InChI=1S/C19H21N3O6/c1-13(28-17-9-4-3-8-16(17)22(25)26)18(23)21-15-7-5-6-14(12-15)19(24)20-10-11-27-2/h3-9,12-13H,10-11H2,1-2H3,(H,20,24)(H,21,23). The number of carbonyl (C=O) groups excluding carboxylic acids is 2. The molecule has 0 aromatic heterocycles. The molecular weight excluding hydrogens is 366 g/mol. The zero-order valence-corrected chi connectivity index (χ0v) is 15.5. The van der Waals surface area contributed by atoms with Crippen molar-refractivity contribution in [3.05, 3.63) is 64.2 Å². The van der Waals surface area contributed by atoms with Crippen LogP contribution in [0.3, 0.4) is 0 Å². The van der Waals surface area contributed by atoms with Gasteiger partial charge in [-0.05, 0) is 31.2 Å². The van der Waals surface area contributed by atoms with Crippen LogP contribution in [0.5, 0.6) is 5.75 Å². The first kappa shape index (κ1) is 20.8. The summed E-state index contributed by atoms with van der Waals surface area (Å²) in [5, 5.41) is 16.4. The number of hydrogen-bond acceptors (Lipinski definition) is 6. The van der Waals surface area contributed by atoms with E-state index >= 15 is 0 Å². The molecule has 1 atom stereocenters. The highest BCUT2D eigenvalue weighted by Crippen LogP contribution is 2.27. The summed E-state index contributed by atoms with van der Waals surface area (Å²) in [5.74, 6) is -0.797. The van der Waals surface area contributed by atoms with Crippen molar-refractivity contribution in [1.82, 2.24) is 5.32 Å². The fourth-order valence-corrected chi connectivity index (χ4v) is 2.30. The van der Waals surface area contributed by atoms with Crippen molar-refractivity contribution < 1.29 is 24.0 Å². The average molecular weight is 387 g/mol. The molecule has 9 nitrogen and oxygen atoms in total. The van der Waals surface area contributed by atoms with E-state index < -0.39 is 16.9 Å². The Morgan fingerprint density at radius 2 is 1.93 bits per heavy atom. The van der Waals surface area contributed by atoms with E-state index in [1.54, 1.807) is 24.3 Å². The van der Waals surface area contributed by atoms with Gasteiger partial charge < -0.3 is 20.1 Å². The highest BCUT2D eigenvalue weighted by Gasteiger charge is 2.21. The summed E-state index contributed by atoms with van der Waals surface area (Å²) in [5.41, 5.74) is 0.556. The van der Waals surface area contributed by atoms with Gasteiger partial charge in [0.05, 0.1) is 11.5 Å². The van der Waals surface area contributed by atoms with E-state index in [1.807, 2.05) is 0 Å². The number of anilines is 1. The molecule has 0 saturated heterocycles. The molecule has 1 unspecified atom stereocenters. The number of para-hydroxylation sites is 2. The number of nitro benzene ring substituents is 1. The molecule has 0 aliphatic carbocycles. The third kappa shape index (κ3) is 5.78. The molecule has 0 aliphatic heterocycles. The van der Waals surface area contributed by atoms with Gasteiger partial charge in [0.25, 0.3) is 11.8 Å². The lowest BCUT2D eigenvalue weighted by molar-refractivity contribution is -0.386. The quantitative estimate of drug-likeness (QED) is 0.387. The number of ether oxygens (including phenoxy) is 2. The summed E-state index contributed by atoms with van der Waals surface area (Å²) in [6, 6.07) is 12.2. The van der Waals surface area contributed by atoms with Gasteiger partial charge in [0.15, 0.2) is 11.9 Å². The largest absolute Gasteiger partial charge is 0.474 e. The number of nitro groups is 1. The van der Waals surface area contributed by atoms with Gasteiger partial charge in [-0.3, -0.25) is 19.7 Å². The van der Waals surface area contributed by atoms with E-state index in [9.17, 15) is 19.7 Å². The molecule has 9 heteroatoms. The Hall–Kier alpha value is -3.46. The van der Waals surface area contributed by atoms with Crippen LogP contribution in [-0.4, -0.2) is 43.1 Å². The number of carbonyl (C=O) groups is 2. The first-order chi connectivity index (χ1) is 13.4. The number of methoxy groups -OCH3 is 1. The van der Waals surface area contributed by atoms with Crippen LogP contribution in [-0.2, 0) is 9.53 Å². The molecule has 28 heavy (non-hydrogen) atoms. The minimum Gasteiger partial charge on any atom is -0.474 e. The molecule has 0 bridgehead atoms. The van der Waals surface area contributed by atoms with Gasteiger partial charge in [-0.25, -0.2) is 0 Å². The molecule has 0 heterocycles. The first-order valence-electron chi connectivity index (χ1n) is 8.50. The van der Waals surface area contributed by atoms with Crippen LogP contribution < -0.4 is 15.4 Å². The van der Waals surface area contributed by atoms with Gasteiger partial charge in [-0.15, -0.1) is 0 Å². The fraction of sp³-hybridized carbons (Fsp3) is 0.263. The van der Waals surface area contributed by atoms with Crippen molar-refractivity contribution in [2.75, 3.05) is 25.6 Å². The Morgan fingerprint density at radius 1 is 1.18 bits per heavy atom. The molecule has 2 aromatic carbocycles. The van der Waals surface area contributed by atoms with Gasteiger partial charge in [0.1, 0.15) is 0 Å². The van der Waals surface area contributed by atoms with Gasteiger partial charge in [0, 0.05) is 31.0 Å². The van der Waals surface area contributed by atoms with E-state index in [4.69, 9.17) is 9.47 Å². The van der Waals surface area contributed by atoms with Crippen LogP contribution in [0.15, 0.2) is 48.5 Å². The maximum atomic E-state index is 12.4. The fourth-order valence-electron chi connectivity index (χ4n) is 2.30. The summed E-state index contributed by atoms with van der Waals surface area (Å²) in [6.45, 7) is 2.24. The number of nitrogens with zero attached hydrogens (tertiary/aromatic N) is 1. The van der Waals surface area contributed by atoms with E-state index in [-0.39, 0.29) is 17.3 Å². The molecular formula is C19H21N3O6. The second-order valence-corrected chi connectivity index (χ2v) is 5.80. The van der Waals surface area contributed by atoms with Crippen LogP contribution >= 0.6 is 0 Å². The smallest absolute Gasteiger partial charge is 0.310 e. The summed E-state index contributed by atoms with van der Waals surface area (Å²) in [4.78, 5) is 34.9. The van der Waals surface area contributed by atoms with Crippen LogP contribution in [0, 0.1) is 10.1 Å². The third-order valence-electron chi connectivity index (χ3n) is 3.72. The summed E-state index contributed by atoms with van der Waals surface area (Å²) >= 11 is 0. The van der Waals surface area contributed by atoms with E-state index in [1.165, 1.54) is 38.3 Å². The molecule has 2 amide bonds. The molecule has 0 spiro atoms. The number of amides is 2. The normalized spacial score (nSPS) is 11.4. The number of benzene rings is 2. The summed E-state index contributed by atoms with van der Waals surface area (Å²) in [7, 11) is 1.54. The molecule has 0 aliphatic rings. The van der Waals surface area contributed by atoms with Gasteiger partial charge in [0.2, 0.25) is 0 Å². The van der Waals surface area contributed by atoms with Gasteiger partial charge in [-0.2, -0.15) is 0 Å². The lowest BCUT2D eigenvalue weighted by Gasteiger charge is -2.15. The van der Waals surface area contributed by atoms with Crippen LogP contribution in [0.4, 0.5) is 11.4 Å². The Kier molecular flexibility index (Phi) is 7.46. The predicted molar refractivity (Wildman–Crippen MR) is 102 cm³/mol. The van der Waals surface area contributed by atoms with Crippen molar-refractivity contribution in [3.63, 3.8) is 0 Å². The van der Waals surface area contributed by atoms with Crippen molar-refractivity contribution in [1.29, 1.82) is 0 Å². The molecule has 0 fully saturated rings. The minimum absolute atomic E-state index is 0.00132.